The SMILES string of the molecule is C=C(C)[C@H]1CC[C@]2(C)[C@@H]([C@H](C)CCCC(C)C)CC[C@H]2[C@@H]1CCC(=O)OC. The number of hydrogen-bond donors (Lipinski definition) is 0. The summed E-state index contributed by atoms with van der Waals surface area (Å²) in [5, 5.41) is 0. The van der Waals surface area contributed by atoms with Gasteiger partial charge in [0, 0.05) is 6.42 Å². The number of fused-ring (bicyclic) bond motifs is 1. The highest BCUT2D eigenvalue weighted by Crippen LogP contribution is 2.62. The van der Waals surface area contributed by atoms with Crippen LogP contribution in [0.2, 0.25) is 0 Å². The van der Waals surface area contributed by atoms with Gasteiger partial charge in [-0.2, -0.15) is 0 Å². The molecule has 2 fully saturated rings. The first-order valence-electron chi connectivity index (χ1n) is 11.4. The molecule has 2 heteroatoms. The van der Waals surface area contributed by atoms with Gasteiger partial charge in [-0.15, -0.1) is 0 Å². The number of hydrogen-bond acceptors (Lipinski definition) is 2. The van der Waals surface area contributed by atoms with Crippen LogP contribution in [0.5, 0.6) is 0 Å². The zero-order valence-corrected chi connectivity index (χ0v) is 18.9. The van der Waals surface area contributed by atoms with E-state index in [1.54, 1.807) is 0 Å². The van der Waals surface area contributed by atoms with Crippen molar-refractivity contribution in [3.8, 4) is 0 Å². The lowest BCUT2D eigenvalue weighted by atomic mass is 9.54. The van der Waals surface area contributed by atoms with Crippen molar-refractivity contribution in [3.63, 3.8) is 0 Å². The van der Waals surface area contributed by atoms with Crippen LogP contribution >= 0.6 is 0 Å². The van der Waals surface area contributed by atoms with E-state index in [0.29, 0.717) is 23.7 Å². The Bertz CT molecular complexity index is 508. The van der Waals surface area contributed by atoms with Crippen molar-refractivity contribution in [2.75, 3.05) is 7.11 Å². The molecule has 0 aromatic rings. The molecule has 0 N–H and O–H groups in total. The van der Waals surface area contributed by atoms with Crippen molar-refractivity contribution in [1.29, 1.82) is 0 Å². The fraction of sp³-hybridized carbons (Fsp3) is 0.880. The average Bonchev–Trinajstić information content (AvgIpc) is 2.95. The van der Waals surface area contributed by atoms with Gasteiger partial charge in [0.05, 0.1) is 7.11 Å². The largest absolute Gasteiger partial charge is 0.469 e. The minimum atomic E-state index is -0.0562. The van der Waals surface area contributed by atoms with Gasteiger partial charge in [-0.05, 0) is 80.0 Å². The minimum Gasteiger partial charge on any atom is -0.469 e. The molecule has 0 heterocycles. The van der Waals surface area contributed by atoms with Crippen LogP contribution in [-0.2, 0) is 9.53 Å². The van der Waals surface area contributed by atoms with Gasteiger partial charge in [-0.3, -0.25) is 4.79 Å². The second kappa shape index (κ2) is 9.61. The lowest BCUT2D eigenvalue weighted by molar-refractivity contribution is -0.141. The normalized spacial score (nSPS) is 34.3. The molecule has 2 aliphatic rings. The van der Waals surface area contributed by atoms with Crippen molar-refractivity contribution in [1.82, 2.24) is 0 Å². The van der Waals surface area contributed by atoms with Gasteiger partial charge in [0.1, 0.15) is 0 Å². The second-order valence-electron chi connectivity index (χ2n) is 10.4. The summed E-state index contributed by atoms with van der Waals surface area (Å²) in [5.41, 5.74) is 1.77. The topological polar surface area (TPSA) is 26.3 Å². The number of ether oxygens (including phenoxy) is 1. The molecule has 156 valence electrons. The molecular formula is C25H44O2. The van der Waals surface area contributed by atoms with E-state index in [2.05, 4.69) is 41.2 Å². The van der Waals surface area contributed by atoms with Gasteiger partial charge >= 0.3 is 5.97 Å². The second-order valence-corrected chi connectivity index (χ2v) is 10.4. The first kappa shape index (κ1) is 22.5. The Morgan fingerprint density at radius 1 is 1.19 bits per heavy atom. The molecular weight excluding hydrogens is 332 g/mol. The molecule has 0 bridgehead atoms. The van der Waals surface area contributed by atoms with Crippen LogP contribution in [0.1, 0.15) is 92.4 Å². The summed E-state index contributed by atoms with van der Waals surface area (Å²) < 4.78 is 4.94. The zero-order chi connectivity index (χ0) is 20.2. The molecule has 0 saturated heterocycles. The van der Waals surface area contributed by atoms with Crippen LogP contribution in [0.4, 0.5) is 0 Å². The van der Waals surface area contributed by atoms with Crippen LogP contribution < -0.4 is 0 Å². The highest BCUT2D eigenvalue weighted by atomic mass is 16.5. The molecule has 2 rings (SSSR count). The Kier molecular flexibility index (Phi) is 8.01. The van der Waals surface area contributed by atoms with Crippen molar-refractivity contribution in [3.05, 3.63) is 12.2 Å². The third-order valence-electron chi connectivity index (χ3n) is 8.18. The van der Waals surface area contributed by atoms with Gasteiger partial charge < -0.3 is 4.74 Å². The molecule has 0 amide bonds. The molecule has 2 nitrogen and oxygen atoms in total. The summed E-state index contributed by atoms with van der Waals surface area (Å²) in [6.07, 6.45) is 10.9. The van der Waals surface area contributed by atoms with Crippen LogP contribution in [0.25, 0.3) is 0 Å². The predicted octanol–water partition coefficient (Wildman–Crippen LogP) is 7.04. The van der Waals surface area contributed by atoms with E-state index in [4.69, 9.17) is 4.74 Å². The number of esters is 1. The Hall–Kier alpha value is -0.790. The quantitative estimate of drug-likeness (QED) is 0.319. The molecule has 0 spiro atoms. The smallest absolute Gasteiger partial charge is 0.305 e. The van der Waals surface area contributed by atoms with Crippen molar-refractivity contribution < 1.29 is 9.53 Å². The van der Waals surface area contributed by atoms with E-state index >= 15 is 0 Å². The highest BCUT2D eigenvalue weighted by molar-refractivity contribution is 5.69. The Morgan fingerprint density at radius 2 is 1.89 bits per heavy atom. The maximum absolute atomic E-state index is 11.8. The van der Waals surface area contributed by atoms with E-state index in [9.17, 15) is 4.79 Å². The predicted molar refractivity (Wildman–Crippen MR) is 114 cm³/mol. The van der Waals surface area contributed by atoms with E-state index in [1.807, 2.05) is 0 Å². The fourth-order valence-electron chi connectivity index (χ4n) is 6.71. The number of carbonyl (C=O) groups is 1. The lowest BCUT2D eigenvalue weighted by Crippen LogP contribution is -2.43. The van der Waals surface area contributed by atoms with Gasteiger partial charge in [-0.1, -0.05) is 59.1 Å². The first-order valence-corrected chi connectivity index (χ1v) is 11.4. The molecule has 0 aliphatic heterocycles. The van der Waals surface area contributed by atoms with Crippen LogP contribution in [-0.4, -0.2) is 13.1 Å². The monoisotopic (exact) mass is 376 g/mol. The standard InChI is InChI=1S/C25H44O2/c1-17(2)9-8-10-19(5)22-12-13-23-21(11-14-24(26)27-7)20(18(3)4)15-16-25(22,23)6/h17,19-23H,3,8-16H2,1-2,4-7H3/t19-,20-,21-,22-,23+,25-/m1/s1. The third-order valence-corrected chi connectivity index (χ3v) is 8.18. The summed E-state index contributed by atoms with van der Waals surface area (Å²) in [6.45, 7) is 16.3. The molecule has 27 heavy (non-hydrogen) atoms. The lowest BCUT2D eigenvalue weighted by Gasteiger charge is -2.50. The number of rotatable bonds is 9. The number of carbonyl (C=O) groups excluding carboxylic acids is 1. The van der Waals surface area contributed by atoms with Crippen LogP contribution in [0.3, 0.4) is 0 Å². The summed E-state index contributed by atoms with van der Waals surface area (Å²) in [6, 6.07) is 0. The molecule has 0 aromatic carbocycles. The van der Waals surface area contributed by atoms with Gasteiger partial charge in [-0.25, -0.2) is 0 Å². The first-order chi connectivity index (χ1) is 12.7. The van der Waals surface area contributed by atoms with Crippen LogP contribution in [0, 0.1) is 40.9 Å². The Balaban J connectivity index is 2.10. The van der Waals surface area contributed by atoms with Gasteiger partial charge in [0.2, 0.25) is 0 Å². The molecule has 0 unspecified atom stereocenters. The van der Waals surface area contributed by atoms with E-state index in [0.717, 1.165) is 30.1 Å². The molecule has 0 radical (unpaired) electrons. The maximum atomic E-state index is 11.8. The molecule has 2 saturated carbocycles. The summed E-state index contributed by atoms with van der Waals surface area (Å²) in [4.78, 5) is 11.8. The summed E-state index contributed by atoms with van der Waals surface area (Å²) >= 11 is 0. The molecule has 2 aliphatic carbocycles. The third kappa shape index (κ3) is 5.18. The van der Waals surface area contributed by atoms with Gasteiger partial charge in [0.25, 0.3) is 0 Å². The minimum absolute atomic E-state index is 0.0562. The van der Waals surface area contributed by atoms with Crippen molar-refractivity contribution in [2.45, 2.75) is 92.4 Å². The Labute approximate surface area is 168 Å². The van der Waals surface area contributed by atoms with E-state index in [1.165, 1.54) is 57.6 Å². The van der Waals surface area contributed by atoms with Crippen molar-refractivity contribution >= 4 is 5.97 Å². The summed E-state index contributed by atoms with van der Waals surface area (Å²) in [5.74, 6) is 4.37. The average molecular weight is 377 g/mol. The van der Waals surface area contributed by atoms with Crippen molar-refractivity contribution in [2.24, 2.45) is 40.9 Å². The van der Waals surface area contributed by atoms with E-state index < -0.39 is 0 Å². The zero-order valence-electron chi connectivity index (χ0n) is 18.9. The number of methoxy groups -OCH3 is 1. The fourth-order valence-corrected chi connectivity index (χ4v) is 6.71. The number of allylic oxidation sites excluding steroid dienone is 1. The van der Waals surface area contributed by atoms with Crippen LogP contribution in [0.15, 0.2) is 12.2 Å². The molecule has 0 aromatic heterocycles. The highest BCUT2D eigenvalue weighted by Gasteiger charge is 2.54. The Morgan fingerprint density at radius 3 is 2.48 bits per heavy atom. The summed E-state index contributed by atoms with van der Waals surface area (Å²) in [7, 11) is 1.51. The van der Waals surface area contributed by atoms with Gasteiger partial charge in [0.15, 0.2) is 0 Å². The van der Waals surface area contributed by atoms with E-state index in [-0.39, 0.29) is 5.97 Å². The molecule has 6 atom stereocenters. The maximum Gasteiger partial charge on any atom is 0.305 e.